The van der Waals surface area contributed by atoms with Crippen LogP contribution in [0.25, 0.3) is 10.8 Å². The monoisotopic (exact) mass is 414 g/mol. The van der Waals surface area contributed by atoms with Gasteiger partial charge in [-0.25, -0.2) is 0 Å². The van der Waals surface area contributed by atoms with Crippen LogP contribution in [0.2, 0.25) is 0 Å². The van der Waals surface area contributed by atoms with Gasteiger partial charge in [0, 0.05) is 11.1 Å². The third-order valence-electron chi connectivity index (χ3n) is 5.55. The van der Waals surface area contributed by atoms with Gasteiger partial charge in [0.15, 0.2) is 0 Å². The molecule has 1 aliphatic carbocycles. The van der Waals surface area contributed by atoms with Gasteiger partial charge in [-0.05, 0) is 36.4 Å². The first-order valence-corrected chi connectivity index (χ1v) is 10.1. The van der Waals surface area contributed by atoms with E-state index in [-0.39, 0.29) is 5.91 Å². The molecule has 3 N–H and O–H groups in total. The molecule has 2 unspecified atom stereocenters. The number of nitrogens with one attached hydrogen (secondary N) is 2. The van der Waals surface area contributed by atoms with Gasteiger partial charge >= 0.3 is 5.97 Å². The second-order valence-corrected chi connectivity index (χ2v) is 7.51. The van der Waals surface area contributed by atoms with Crippen LogP contribution in [0.1, 0.15) is 23.2 Å². The van der Waals surface area contributed by atoms with Crippen LogP contribution in [-0.2, 0) is 9.59 Å². The molecule has 0 radical (unpaired) electrons. The highest BCUT2D eigenvalue weighted by atomic mass is 16.4. The Hall–Kier alpha value is -3.93. The lowest BCUT2D eigenvalue weighted by Gasteiger charge is -2.24. The van der Waals surface area contributed by atoms with Crippen molar-refractivity contribution >= 4 is 39.9 Å². The number of carboxylic acid groups (broad SMARTS) is 1. The van der Waals surface area contributed by atoms with Crippen LogP contribution in [0.5, 0.6) is 0 Å². The van der Waals surface area contributed by atoms with Gasteiger partial charge in [0.1, 0.15) is 0 Å². The standard InChI is InChI=1S/C25H22N2O4/c28-23(18-11-3-4-12-19(18)25(30)31)27-22-14-6-5-13-20(22)24(29)26-21-15-7-9-16-8-1-2-10-17(16)21/h1-10,13-15,18-19H,11-12H2,(H,26,29)(H,27,28)(H,30,31). The van der Waals surface area contributed by atoms with Crippen molar-refractivity contribution in [1.82, 2.24) is 0 Å². The largest absolute Gasteiger partial charge is 0.481 e. The van der Waals surface area contributed by atoms with Gasteiger partial charge in [0.2, 0.25) is 5.91 Å². The van der Waals surface area contributed by atoms with Crippen LogP contribution < -0.4 is 10.6 Å². The first-order valence-electron chi connectivity index (χ1n) is 10.1. The fourth-order valence-corrected chi connectivity index (χ4v) is 3.92. The first-order chi connectivity index (χ1) is 15.0. The maximum absolute atomic E-state index is 13.0. The molecule has 31 heavy (non-hydrogen) atoms. The van der Waals surface area contributed by atoms with Crippen LogP contribution >= 0.6 is 0 Å². The SMILES string of the molecule is O=C(Nc1cccc2ccccc12)c1ccccc1NC(=O)C1CC=CCC1C(=O)O. The predicted molar refractivity (Wildman–Crippen MR) is 120 cm³/mol. The van der Waals surface area contributed by atoms with E-state index in [4.69, 9.17) is 0 Å². The molecule has 3 aromatic carbocycles. The Morgan fingerprint density at radius 3 is 2.19 bits per heavy atom. The summed E-state index contributed by atoms with van der Waals surface area (Å²) in [7, 11) is 0. The van der Waals surface area contributed by atoms with Gasteiger partial charge in [0.05, 0.1) is 23.1 Å². The summed E-state index contributed by atoms with van der Waals surface area (Å²) in [5.41, 5.74) is 1.33. The first kappa shape index (κ1) is 20.3. The lowest BCUT2D eigenvalue weighted by molar-refractivity contribution is -0.146. The highest BCUT2D eigenvalue weighted by Gasteiger charge is 2.34. The fourth-order valence-electron chi connectivity index (χ4n) is 3.92. The quantitative estimate of drug-likeness (QED) is 0.528. The molecular weight excluding hydrogens is 392 g/mol. The van der Waals surface area contributed by atoms with E-state index in [0.717, 1.165) is 10.8 Å². The zero-order valence-electron chi connectivity index (χ0n) is 16.7. The molecule has 0 aromatic heterocycles. The number of para-hydroxylation sites is 1. The van der Waals surface area contributed by atoms with E-state index < -0.39 is 23.7 Å². The Bertz CT molecular complexity index is 1180. The average molecular weight is 414 g/mol. The van der Waals surface area contributed by atoms with Crippen LogP contribution in [0.15, 0.2) is 78.9 Å². The zero-order valence-corrected chi connectivity index (χ0v) is 16.7. The number of amides is 2. The molecule has 6 nitrogen and oxygen atoms in total. The molecule has 0 fully saturated rings. The molecule has 0 saturated carbocycles. The number of anilines is 2. The summed E-state index contributed by atoms with van der Waals surface area (Å²) in [5.74, 6) is -3.21. The molecule has 0 bridgehead atoms. The normalized spacial score (nSPS) is 17.8. The summed E-state index contributed by atoms with van der Waals surface area (Å²) >= 11 is 0. The van der Waals surface area contributed by atoms with Crippen molar-refractivity contribution in [1.29, 1.82) is 0 Å². The number of carbonyl (C=O) groups excluding carboxylic acids is 2. The number of benzene rings is 3. The second kappa shape index (κ2) is 8.83. The van der Waals surface area contributed by atoms with Crippen molar-refractivity contribution in [3.05, 3.63) is 84.4 Å². The van der Waals surface area contributed by atoms with Crippen molar-refractivity contribution < 1.29 is 19.5 Å². The van der Waals surface area contributed by atoms with E-state index in [1.807, 2.05) is 48.5 Å². The van der Waals surface area contributed by atoms with Crippen molar-refractivity contribution in [2.75, 3.05) is 10.6 Å². The smallest absolute Gasteiger partial charge is 0.307 e. The number of allylic oxidation sites excluding steroid dienone is 2. The van der Waals surface area contributed by atoms with E-state index in [1.165, 1.54) is 0 Å². The molecule has 1 aliphatic rings. The molecule has 0 saturated heterocycles. The number of hydrogen-bond acceptors (Lipinski definition) is 3. The van der Waals surface area contributed by atoms with Gasteiger partial charge in [-0.3, -0.25) is 14.4 Å². The van der Waals surface area contributed by atoms with Crippen LogP contribution in [0, 0.1) is 11.8 Å². The van der Waals surface area contributed by atoms with E-state index in [9.17, 15) is 19.5 Å². The topological polar surface area (TPSA) is 95.5 Å². The Morgan fingerprint density at radius 2 is 1.39 bits per heavy atom. The van der Waals surface area contributed by atoms with Gasteiger partial charge in [-0.1, -0.05) is 60.7 Å². The highest BCUT2D eigenvalue weighted by Crippen LogP contribution is 2.29. The maximum Gasteiger partial charge on any atom is 0.307 e. The minimum Gasteiger partial charge on any atom is -0.481 e. The molecule has 6 heteroatoms. The number of fused-ring (bicyclic) bond motifs is 1. The van der Waals surface area contributed by atoms with Gasteiger partial charge in [0.25, 0.3) is 5.91 Å². The summed E-state index contributed by atoms with van der Waals surface area (Å²) in [4.78, 5) is 37.4. The molecule has 156 valence electrons. The maximum atomic E-state index is 13.0. The molecule has 0 heterocycles. The molecular formula is C25H22N2O4. The Labute approximate surface area is 179 Å². The summed E-state index contributed by atoms with van der Waals surface area (Å²) in [5, 5.41) is 17.1. The number of hydrogen-bond donors (Lipinski definition) is 3. The average Bonchev–Trinajstić information content (AvgIpc) is 2.79. The van der Waals surface area contributed by atoms with E-state index in [0.29, 0.717) is 29.8 Å². The third-order valence-corrected chi connectivity index (χ3v) is 5.55. The molecule has 0 spiro atoms. The Balaban J connectivity index is 1.57. The molecule has 4 rings (SSSR count). The van der Waals surface area contributed by atoms with Gasteiger partial charge in [-0.15, -0.1) is 0 Å². The summed E-state index contributed by atoms with van der Waals surface area (Å²) in [6.07, 6.45) is 4.28. The predicted octanol–water partition coefficient (Wildman–Crippen LogP) is 4.70. The van der Waals surface area contributed by atoms with E-state index in [1.54, 1.807) is 30.3 Å². The molecule has 2 amide bonds. The van der Waals surface area contributed by atoms with E-state index >= 15 is 0 Å². The third kappa shape index (κ3) is 4.33. The minimum absolute atomic E-state index is 0.307. The van der Waals surface area contributed by atoms with Gasteiger partial charge < -0.3 is 15.7 Å². The lowest BCUT2D eigenvalue weighted by Crippen LogP contribution is -2.35. The van der Waals surface area contributed by atoms with Crippen molar-refractivity contribution in [2.45, 2.75) is 12.8 Å². The Kier molecular flexibility index (Phi) is 5.80. The zero-order chi connectivity index (χ0) is 21.8. The summed E-state index contributed by atoms with van der Waals surface area (Å²) < 4.78 is 0. The number of rotatable bonds is 5. The molecule has 0 aliphatic heterocycles. The lowest BCUT2D eigenvalue weighted by atomic mass is 9.82. The van der Waals surface area contributed by atoms with Crippen molar-refractivity contribution in [3.63, 3.8) is 0 Å². The van der Waals surface area contributed by atoms with Crippen LogP contribution in [-0.4, -0.2) is 22.9 Å². The number of carbonyl (C=O) groups is 3. The highest BCUT2D eigenvalue weighted by molar-refractivity contribution is 6.13. The van der Waals surface area contributed by atoms with Gasteiger partial charge in [-0.2, -0.15) is 0 Å². The number of aliphatic carboxylic acids is 1. The fraction of sp³-hybridized carbons (Fsp3) is 0.160. The Morgan fingerprint density at radius 1 is 0.742 bits per heavy atom. The van der Waals surface area contributed by atoms with Crippen LogP contribution in [0.4, 0.5) is 11.4 Å². The summed E-state index contributed by atoms with van der Waals surface area (Å²) in [6, 6.07) is 20.1. The second-order valence-electron chi connectivity index (χ2n) is 7.51. The number of carboxylic acids is 1. The van der Waals surface area contributed by atoms with Crippen molar-refractivity contribution in [3.8, 4) is 0 Å². The van der Waals surface area contributed by atoms with Crippen LogP contribution in [0.3, 0.4) is 0 Å². The molecule has 2 atom stereocenters. The minimum atomic E-state index is -0.994. The van der Waals surface area contributed by atoms with E-state index in [2.05, 4.69) is 10.6 Å². The molecule has 3 aromatic rings. The van der Waals surface area contributed by atoms with Crippen molar-refractivity contribution in [2.24, 2.45) is 11.8 Å². The summed E-state index contributed by atoms with van der Waals surface area (Å²) in [6.45, 7) is 0.